The molecule has 6 nitrogen and oxygen atoms in total. The quantitative estimate of drug-likeness (QED) is 0.929. The summed E-state index contributed by atoms with van der Waals surface area (Å²) in [7, 11) is 3.26. The van der Waals surface area contributed by atoms with Crippen LogP contribution in [0.1, 0.15) is 12.8 Å². The number of nitrogens with zero attached hydrogens (tertiary/aromatic N) is 3. The minimum absolute atomic E-state index is 0.315. The van der Waals surface area contributed by atoms with Crippen LogP contribution in [0, 0.1) is 11.3 Å². The third-order valence-electron chi connectivity index (χ3n) is 5.17. The normalized spacial score (nSPS) is 19.5. The fourth-order valence-corrected chi connectivity index (χ4v) is 4.09. The molecule has 2 aromatic rings. The van der Waals surface area contributed by atoms with Crippen LogP contribution < -0.4 is 14.4 Å². The minimum Gasteiger partial charge on any atom is -0.493 e. The molecule has 0 amide bonds. The Labute approximate surface area is 135 Å². The lowest BCUT2D eigenvalue weighted by Gasteiger charge is -2.59. The summed E-state index contributed by atoms with van der Waals surface area (Å²) in [6.45, 7) is 2.32. The zero-order chi connectivity index (χ0) is 16.0. The molecule has 4 rings (SSSR count). The van der Waals surface area contributed by atoms with Crippen molar-refractivity contribution in [2.75, 3.05) is 38.8 Å². The first kappa shape index (κ1) is 14.5. The van der Waals surface area contributed by atoms with Gasteiger partial charge in [-0.3, -0.25) is 0 Å². The van der Waals surface area contributed by atoms with E-state index in [0.29, 0.717) is 29.4 Å². The molecule has 122 valence electrons. The van der Waals surface area contributed by atoms with Gasteiger partial charge in [-0.1, -0.05) is 0 Å². The smallest absolute Gasteiger partial charge is 0.162 e. The van der Waals surface area contributed by atoms with Crippen molar-refractivity contribution in [1.29, 1.82) is 0 Å². The molecule has 2 aliphatic rings. The molecule has 1 aliphatic carbocycles. The third kappa shape index (κ3) is 2.20. The molecule has 23 heavy (non-hydrogen) atoms. The SMILES string of the molecule is COc1cc2ncnc(N3CC4(CC(CO)C4)C3)c2cc1OC. The van der Waals surface area contributed by atoms with E-state index < -0.39 is 0 Å². The van der Waals surface area contributed by atoms with Gasteiger partial charge in [0.1, 0.15) is 12.1 Å². The van der Waals surface area contributed by atoms with Crippen LogP contribution in [0.4, 0.5) is 5.82 Å². The molecule has 2 heterocycles. The number of methoxy groups -OCH3 is 2. The van der Waals surface area contributed by atoms with Crippen molar-refractivity contribution < 1.29 is 14.6 Å². The van der Waals surface area contributed by atoms with Crippen molar-refractivity contribution in [3.05, 3.63) is 18.5 Å². The fourth-order valence-electron chi connectivity index (χ4n) is 4.09. The topological polar surface area (TPSA) is 67.7 Å². The highest BCUT2D eigenvalue weighted by molar-refractivity contribution is 5.92. The van der Waals surface area contributed by atoms with Gasteiger partial charge in [-0.05, 0) is 24.8 Å². The first-order valence-corrected chi connectivity index (χ1v) is 7.90. The predicted molar refractivity (Wildman–Crippen MR) is 87.1 cm³/mol. The van der Waals surface area contributed by atoms with Crippen LogP contribution in [-0.4, -0.2) is 49.0 Å². The van der Waals surface area contributed by atoms with Crippen LogP contribution in [0.5, 0.6) is 11.5 Å². The molecule has 1 saturated heterocycles. The number of hydrogen-bond acceptors (Lipinski definition) is 6. The second kappa shape index (κ2) is 5.23. The van der Waals surface area contributed by atoms with Gasteiger partial charge in [0.2, 0.25) is 0 Å². The number of ether oxygens (including phenoxy) is 2. The van der Waals surface area contributed by atoms with Crippen molar-refractivity contribution >= 4 is 16.7 Å². The van der Waals surface area contributed by atoms with Crippen LogP contribution in [0.3, 0.4) is 0 Å². The molecule has 1 aromatic carbocycles. The Balaban J connectivity index is 1.64. The molecule has 0 radical (unpaired) electrons. The Hall–Kier alpha value is -2.08. The Morgan fingerprint density at radius 3 is 2.52 bits per heavy atom. The molecule has 1 N–H and O–H groups in total. The maximum Gasteiger partial charge on any atom is 0.162 e. The third-order valence-corrected chi connectivity index (χ3v) is 5.17. The molecule has 1 aliphatic heterocycles. The van der Waals surface area contributed by atoms with Crippen LogP contribution in [0.2, 0.25) is 0 Å². The highest BCUT2D eigenvalue weighted by atomic mass is 16.5. The molecule has 0 atom stereocenters. The number of hydrogen-bond donors (Lipinski definition) is 1. The molecule has 1 saturated carbocycles. The highest BCUT2D eigenvalue weighted by Crippen LogP contribution is 2.53. The summed E-state index contributed by atoms with van der Waals surface area (Å²) < 4.78 is 10.8. The number of anilines is 1. The lowest BCUT2D eigenvalue weighted by Crippen LogP contribution is -2.63. The average Bonchev–Trinajstić information content (AvgIpc) is 2.51. The van der Waals surface area contributed by atoms with Crippen molar-refractivity contribution in [1.82, 2.24) is 9.97 Å². The molecule has 0 unspecified atom stereocenters. The molecule has 2 fully saturated rings. The number of aromatic nitrogens is 2. The fraction of sp³-hybridized carbons (Fsp3) is 0.529. The van der Waals surface area contributed by atoms with Gasteiger partial charge in [0.05, 0.1) is 19.7 Å². The number of rotatable bonds is 4. The summed E-state index contributed by atoms with van der Waals surface area (Å²) in [4.78, 5) is 11.1. The van der Waals surface area contributed by atoms with E-state index in [0.717, 1.165) is 42.7 Å². The summed E-state index contributed by atoms with van der Waals surface area (Å²) in [6, 6.07) is 3.84. The van der Waals surface area contributed by atoms with Gasteiger partial charge in [0.15, 0.2) is 11.5 Å². The molecule has 6 heteroatoms. The van der Waals surface area contributed by atoms with E-state index in [1.807, 2.05) is 12.1 Å². The van der Waals surface area contributed by atoms with Gasteiger partial charge in [-0.2, -0.15) is 0 Å². The maximum absolute atomic E-state index is 9.21. The van der Waals surface area contributed by atoms with Crippen molar-refractivity contribution in [2.24, 2.45) is 11.3 Å². The standard InChI is InChI=1S/C17H21N3O3/c1-22-14-3-12-13(4-15(14)23-2)18-10-19-16(12)20-8-17(9-20)5-11(6-17)7-21/h3-4,10-11,21H,5-9H2,1-2H3. The van der Waals surface area contributed by atoms with Crippen LogP contribution in [0.15, 0.2) is 18.5 Å². The van der Waals surface area contributed by atoms with Crippen LogP contribution in [0.25, 0.3) is 10.9 Å². The molecule has 0 bridgehead atoms. The van der Waals surface area contributed by atoms with Gasteiger partial charge in [0.25, 0.3) is 0 Å². The number of aliphatic hydroxyl groups is 1. The van der Waals surface area contributed by atoms with Crippen LogP contribution >= 0.6 is 0 Å². The van der Waals surface area contributed by atoms with E-state index in [9.17, 15) is 5.11 Å². The van der Waals surface area contributed by atoms with Gasteiger partial charge in [-0.25, -0.2) is 9.97 Å². The molecule has 1 spiro atoms. The van der Waals surface area contributed by atoms with Gasteiger partial charge in [-0.15, -0.1) is 0 Å². The lowest BCUT2D eigenvalue weighted by molar-refractivity contribution is -0.00668. The minimum atomic E-state index is 0.315. The van der Waals surface area contributed by atoms with Crippen molar-refractivity contribution in [3.63, 3.8) is 0 Å². The number of aliphatic hydroxyl groups excluding tert-OH is 1. The van der Waals surface area contributed by atoms with Gasteiger partial charge < -0.3 is 19.5 Å². The summed E-state index contributed by atoms with van der Waals surface area (Å²) in [6.07, 6.45) is 3.85. The second-order valence-corrected chi connectivity index (χ2v) is 6.73. The van der Waals surface area contributed by atoms with E-state index in [1.165, 1.54) is 0 Å². The van der Waals surface area contributed by atoms with E-state index in [1.54, 1.807) is 20.5 Å². The number of benzene rings is 1. The molecular weight excluding hydrogens is 294 g/mol. The summed E-state index contributed by atoms with van der Waals surface area (Å²) in [5.74, 6) is 2.81. The van der Waals surface area contributed by atoms with Crippen molar-refractivity contribution in [3.8, 4) is 11.5 Å². The maximum atomic E-state index is 9.21. The number of fused-ring (bicyclic) bond motifs is 1. The first-order valence-electron chi connectivity index (χ1n) is 7.90. The zero-order valence-electron chi connectivity index (χ0n) is 13.5. The second-order valence-electron chi connectivity index (χ2n) is 6.73. The summed E-state index contributed by atoms with van der Waals surface area (Å²) in [5.41, 5.74) is 1.25. The van der Waals surface area contributed by atoms with Crippen molar-refractivity contribution in [2.45, 2.75) is 12.8 Å². The zero-order valence-corrected chi connectivity index (χ0v) is 13.5. The summed E-state index contributed by atoms with van der Waals surface area (Å²) >= 11 is 0. The Bertz CT molecular complexity index is 735. The Kier molecular flexibility index (Phi) is 3.30. The van der Waals surface area contributed by atoms with Gasteiger partial charge in [0, 0.05) is 36.6 Å². The Morgan fingerprint density at radius 2 is 1.87 bits per heavy atom. The average molecular weight is 315 g/mol. The monoisotopic (exact) mass is 315 g/mol. The van der Waals surface area contributed by atoms with E-state index in [-0.39, 0.29) is 0 Å². The Morgan fingerprint density at radius 1 is 1.17 bits per heavy atom. The van der Waals surface area contributed by atoms with E-state index in [4.69, 9.17) is 9.47 Å². The van der Waals surface area contributed by atoms with E-state index in [2.05, 4.69) is 14.9 Å². The summed E-state index contributed by atoms with van der Waals surface area (Å²) in [5, 5.41) is 10.2. The van der Waals surface area contributed by atoms with Crippen LogP contribution in [-0.2, 0) is 0 Å². The largest absolute Gasteiger partial charge is 0.493 e. The van der Waals surface area contributed by atoms with Gasteiger partial charge >= 0.3 is 0 Å². The molecule has 1 aromatic heterocycles. The van der Waals surface area contributed by atoms with E-state index >= 15 is 0 Å². The highest BCUT2D eigenvalue weighted by Gasteiger charge is 2.52. The molecular formula is C17H21N3O3. The lowest BCUT2D eigenvalue weighted by atomic mass is 9.58. The first-order chi connectivity index (χ1) is 11.2. The predicted octanol–water partition coefficient (Wildman–Crippen LogP) is 1.86.